The molecule has 0 heteroatoms. The van der Waals surface area contributed by atoms with E-state index in [2.05, 4.69) is 161 Å². The molecule has 0 fully saturated rings. The van der Waals surface area contributed by atoms with Crippen molar-refractivity contribution in [1.82, 2.24) is 0 Å². The third-order valence-corrected chi connectivity index (χ3v) is 13.2. The lowest BCUT2D eigenvalue weighted by Crippen LogP contribution is -2.00. The van der Waals surface area contributed by atoms with Gasteiger partial charge < -0.3 is 0 Å². The fraction of sp³-hybridized carbons (Fsp3) is 0.179. The summed E-state index contributed by atoms with van der Waals surface area (Å²) in [6, 6.07) is 51.3. The van der Waals surface area contributed by atoms with Crippen LogP contribution in [0.3, 0.4) is 0 Å². The first kappa shape index (κ1) is 33.4. The first-order chi connectivity index (χ1) is 27.6. The molecule has 7 aromatic rings. The van der Waals surface area contributed by atoms with E-state index in [1.165, 1.54) is 159 Å². The second kappa shape index (κ2) is 12.8. The highest BCUT2D eigenvalue weighted by atomic mass is 14.4. The normalized spacial score (nSPS) is 13.6. The first-order valence-electron chi connectivity index (χ1n) is 20.9. The van der Waals surface area contributed by atoms with Crippen LogP contribution >= 0.6 is 0 Å². The van der Waals surface area contributed by atoms with Crippen LogP contribution in [0.2, 0.25) is 0 Å². The fourth-order valence-corrected chi connectivity index (χ4v) is 10.8. The van der Waals surface area contributed by atoms with Crippen LogP contribution in [-0.4, -0.2) is 0 Å². The molecule has 0 amide bonds. The van der Waals surface area contributed by atoms with Crippen molar-refractivity contribution in [2.24, 2.45) is 0 Å². The topological polar surface area (TPSA) is 0 Å². The summed E-state index contributed by atoms with van der Waals surface area (Å²) in [6.07, 6.45) is 7.00. The van der Waals surface area contributed by atoms with Gasteiger partial charge in [0.05, 0.1) is 0 Å². The predicted octanol–water partition coefficient (Wildman–Crippen LogP) is 14.9. The van der Waals surface area contributed by atoms with E-state index in [-0.39, 0.29) is 0 Å². The molecular weight excluding hydrogens is 673 g/mol. The lowest BCUT2D eigenvalue weighted by Gasteiger charge is -2.20. The summed E-state index contributed by atoms with van der Waals surface area (Å²) >= 11 is 0. The van der Waals surface area contributed by atoms with Gasteiger partial charge in [-0.1, -0.05) is 160 Å². The summed E-state index contributed by atoms with van der Waals surface area (Å²) in [5, 5.41) is 0. The van der Waals surface area contributed by atoms with Crippen LogP contribution in [0.4, 0.5) is 0 Å². The van der Waals surface area contributed by atoms with Gasteiger partial charge in [0.25, 0.3) is 0 Å². The Bertz CT molecular complexity index is 2590. The molecule has 0 aromatic heterocycles. The average Bonchev–Trinajstić information content (AvgIpc) is 3.96. The quantitative estimate of drug-likeness (QED) is 0.161. The van der Waals surface area contributed by atoms with Gasteiger partial charge in [-0.15, -0.1) is 0 Å². The number of rotatable bonds is 6. The molecule has 0 heterocycles. The number of aryl methyl sites for hydroxylation is 2. The van der Waals surface area contributed by atoms with Gasteiger partial charge in [0.2, 0.25) is 0 Å². The maximum absolute atomic E-state index is 2.55. The molecule has 0 saturated heterocycles. The Hall–Kier alpha value is -5.98. The monoisotopic (exact) mass is 718 g/mol. The van der Waals surface area contributed by atoms with E-state index < -0.39 is 0 Å². The second-order valence-corrected chi connectivity index (χ2v) is 16.4. The Morgan fingerprint density at radius 1 is 0.304 bits per heavy atom. The van der Waals surface area contributed by atoms with Crippen molar-refractivity contribution in [2.45, 2.75) is 66.2 Å². The van der Waals surface area contributed by atoms with Crippen LogP contribution in [-0.2, 0) is 12.8 Å². The maximum Gasteiger partial charge on any atom is -0.00108 e. The number of benzene rings is 7. The third kappa shape index (κ3) is 4.59. The predicted molar refractivity (Wildman–Crippen MR) is 238 cm³/mol. The number of unbranched alkanes of at least 4 members (excludes halogenated alkanes) is 2. The van der Waals surface area contributed by atoms with E-state index in [9.17, 15) is 0 Å². The summed E-state index contributed by atoms with van der Waals surface area (Å²) in [6.45, 7) is 9.48. The zero-order chi connectivity index (χ0) is 37.7. The number of fused-ring (bicyclic) bond motifs is 12. The zero-order valence-corrected chi connectivity index (χ0v) is 32.9. The minimum absolute atomic E-state index is 1.10. The Balaban J connectivity index is 1.29. The van der Waals surface area contributed by atoms with Crippen molar-refractivity contribution >= 4 is 22.3 Å². The lowest BCUT2D eigenvalue weighted by atomic mass is 9.82. The van der Waals surface area contributed by atoms with Gasteiger partial charge in [-0.25, -0.2) is 0 Å². The molecule has 0 aliphatic heterocycles. The van der Waals surface area contributed by atoms with Crippen LogP contribution in [0.15, 0.2) is 133 Å². The van der Waals surface area contributed by atoms with Crippen molar-refractivity contribution in [2.75, 3.05) is 0 Å². The number of hydrogen-bond acceptors (Lipinski definition) is 0. The number of hydrogen-bond donors (Lipinski definition) is 0. The van der Waals surface area contributed by atoms with Crippen LogP contribution in [0.1, 0.15) is 106 Å². The van der Waals surface area contributed by atoms with Crippen LogP contribution in [0.25, 0.3) is 66.8 Å². The fourth-order valence-electron chi connectivity index (χ4n) is 10.8. The van der Waals surface area contributed by atoms with E-state index in [0.717, 1.165) is 12.8 Å². The van der Waals surface area contributed by atoms with Gasteiger partial charge in [0, 0.05) is 0 Å². The molecule has 4 aliphatic rings. The lowest BCUT2D eigenvalue weighted by molar-refractivity contribution is 0.795. The molecule has 0 bridgehead atoms. The Morgan fingerprint density at radius 3 is 0.946 bits per heavy atom. The van der Waals surface area contributed by atoms with E-state index in [4.69, 9.17) is 0 Å². The van der Waals surface area contributed by atoms with Gasteiger partial charge in [0.1, 0.15) is 0 Å². The highest BCUT2D eigenvalue weighted by molar-refractivity contribution is 6.24. The largest absolute Gasteiger partial charge is 0.0654 e. The zero-order valence-electron chi connectivity index (χ0n) is 32.9. The molecule has 4 aliphatic carbocycles. The summed E-state index contributed by atoms with van der Waals surface area (Å²) in [5.41, 5.74) is 33.2. The molecule has 0 nitrogen and oxygen atoms in total. The van der Waals surface area contributed by atoms with Crippen molar-refractivity contribution in [1.29, 1.82) is 0 Å². The molecule has 0 unspecified atom stereocenters. The Morgan fingerprint density at radius 2 is 0.625 bits per heavy atom. The van der Waals surface area contributed by atoms with Crippen LogP contribution < -0.4 is 0 Å². The second-order valence-electron chi connectivity index (χ2n) is 16.4. The highest BCUT2D eigenvalue weighted by Gasteiger charge is 2.40. The maximum atomic E-state index is 2.55. The van der Waals surface area contributed by atoms with Crippen molar-refractivity contribution in [3.05, 3.63) is 200 Å². The highest BCUT2D eigenvalue weighted by Crippen LogP contribution is 2.62. The Labute approximate surface area is 331 Å². The van der Waals surface area contributed by atoms with Gasteiger partial charge in [-0.3, -0.25) is 0 Å². The van der Waals surface area contributed by atoms with Crippen molar-refractivity contribution in [3.63, 3.8) is 0 Å². The van der Waals surface area contributed by atoms with E-state index >= 15 is 0 Å². The molecule has 0 saturated carbocycles. The SMILES string of the molecule is CCCCc1ccc2c(c1)C(=C1c3ccccc3-c3ccccc31)c1c(C)c3c(c(C)c1-2)C(=C1c2ccccc2-c2ccccc21)c1cc(CCCC)ccc1-3. The summed E-state index contributed by atoms with van der Waals surface area (Å²) in [5.74, 6) is 0. The Kier molecular flexibility index (Phi) is 7.62. The van der Waals surface area contributed by atoms with E-state index in [1.807, 2.05) is 0 Å². The van der Waals surface area contributed by atoms with Gasteiger partial charge in [-0.05, 0) is 173 Å². The molecule has 0 atom stereocenters. The van der Waals surface area contributed by atoms with Gasteiger partial charge >= 0.3 is 0 Å². The average molecular weight is 719 g/mol. The minimum Gasteiger partial charge on any atom is -0.0654 e. The summed E-state index contributed by atoms with van der Waals surface area (Å²) in [7, 11) is 0. The molecule has 0 N–H and O–H groups in total. The summed E-state index contributed by atoms with van der Waals surface area (Å²) in [4.78, 5) is 0. The summed E-state index contributed by atoms with van der Waals surface area (Å²) < 4.78 is 0. The van der Waals surface area contributed by atoms with Gasteiger partial charge in [-0.2, -0.15) is 0 Å². The minimum atomic E-state index is 1.10. The van der Waals surface area contributed by atoms with E-state index in [1.54, 1.807) is 0 Å². The smallest absolute Gasteiger partial charge is 0.00108 e. The molecule has 56 heavy (non-hydrogen) atoms. The van der Waals surface area contributed by atoms with Crippen LogP contribution in [0.5, 0.6) is 0 Å². The third-order valence-electron chi connectivity index (χ3n) is 13.2. The molecule has 11 rings (SSSR count). The van der Waals surface area contributed by atoms with Crippen LogP contribution in [0, 0.1) is 13.8 Å². The van der Waals surface area contributed by atoms with Crippen molar-refractivity contribution in [3.8, 4) is 44.5 Å². The molecule has 7 aromatic carbocycles. The molecule has 0 spiro atoms. The van der Waals surface area contributed by atoms with Crippen molar-refractivity contribution < 1.29 is 0 Å². The molecular formula is C56H46. The van der Waals surface area contributed by atoms with E-state index in [0.29, 0.717) is 0 Å². The van der Waals surface area contributed by atoms with Gasteiger partial charge in [0.15, 0.2) is 0 Å². The molecule has 270 valence electrons. The standard InChI is InChI=1S/C56H46/c1-5-7-17-35-27-29-45-47(31-35)55(53-41-23-13-9-19-37(41)38-20-10-14-24-42(38)53)51-34(4)50-46-30-28-36(18-8-6-2)32-48(46)56(52(50)33(3)49(45)51)54-43-25-15-11-21-39(43)40-22-12-16-26-44(40)54/h9-16,19-32H,5-8,17-18H2,1-4H3. The first-order valence-corrected chi connectivity index (χ1v) is 20.9. The molecule has 0 radical (unpaired) electrons.